The van der Waals surface area contributed by atoms with Crippen LogP contribution in [-0.2, 0) is 29.0 Å². The van der Waals surface area contributed by atoms with Crippen molar-refractivity contribution in [1.29, 1.82) is 0 Å². The van der Waals surface area contributed by atoms with E-state index in [0.717, 1.165) is 59.4 Å². The third kappa shape index (κ3) is 6.53. The highest BCUT2D eigenvalue weighted by Crippen LogP contribution is 2.38. The Morgan fingerprint density at radius 3 is 2.68 bits per heavy atom. The number of rotatable bonds is 12. The van der Waals surface area contributed by atoms with E-state index in [-0.39, 0.29) is 12.3 Å². The first-order valence-corrected chi connectivity index (χ1v) is 13.2. The Morgan fingerprint density at radius 1 is 1.19 bits per heavy atom. The van der Waals surface area contributed by atoms with Gasteiger partial charge in [0, 0.05) is 23.7 Å². The van der Waals surface area contributed by atoms with Crippen molar-refractivity contribution in [3.8, 4) is 11.5 Å². The molecule has 1 aliphatic heterocycles. The minimum Gasteiger partial charge on any atom is -0.496 e. The highest BCUT2D eigenvalue weighted by Gasteiger charge is 2.34. The summed E-state index contributed by atoms with van der Waals surface area (Å²) in [5, 5.41) is 9.65. The second kappa shape index (κ2) is 12.1. The number of hydrogen-bond donors (Lipinski definition) is 2. The first-order chi connectivity index (χ1) is 17.8. The number of aryl methyl sites for hydroxylation is 2. The van der Waals surface area contributed by atoms with Crippen LogP contribution in [0.15, 0.2) is 42.0 Å². The minimum absolute atomic E-state index is 0.0893. The number of benzene rings is 2. The van der Waals surface area contributed by atoms with Crippen LogP contribution in [0.4, 0.5) is 0 Å². The normalized spacial score (nSPS) is 16.6. The molecule has 7 nitrogen and oxygen atoms in total. The number of fused-ring (bicyclic) bond motifs is 1. The van der Waals surface area contributed by atoms with Crippen LogP contribution in [0.1, 0.15) is 48.4 Å². The Kier molecular flexibility index (Phi) is 8.90. The predicted octanol–water partition coefficient (Wildman–Crippen LogP) is 4.43. The van der Waals surface area contributed by atoms with Crippen molar-refractivity contribution in [3.63, 3.8) is 0 Å². The molecule has 8 heteroatoms. The fourth-order valence-corrected chi connectivity index (χ4v) is 5.30. The van der Waals surface area contributed by atoms with Gasteiger partial charge in [-0.05, 0) is 72.2 Å². The predicted molar refractivity (Wildman–Crippen MR) is 144 cm³/mol. The van der Waals surface area contributed by atoms with Gasteiger partial charge in [-0.15, -0.1) is 0 Å². The molecular formula is C29H35ClN2O5. The molecule has 0 aromatic heterocycles. The van der Waals surface area contributed by atoms with Gasteiger partial charge in [0.1, 0.15) is 18.1 Å². The number of carbonyl (C=O) groups is 2. The van der Waals surface area contributed by atoms with Crippen LogP contribution in [-0.4, -0.2) is 54.5 Å². The lowest BCUT2D eigenvalue weighted by Gasteiger charge is -2.36. The van der Waals surface area contributed by atoms with Crippen LogP contribution in [0.5, 0.6) is 11.5 Å². The zero-order chi connectivity index (χ0) is 26.5. The van der Waals surface area contributed by atoms with E-state index in [1.165, 1.54) is 5.56 Å². The maximum absolute atomic E-state index is 12.6. The van der Waals surface area contributed by atoms with Crippen molar-refractivity contribution in [2.24, 2.45) is 11.7 Å². The fraction of sp³-hybridized carbons (Fsp3) is 0.448. The number of carboxylic acid groups (broad SMARTS) is 1. The number of aliphatic carboxylic acids is 1. The number of Topliss-reactive ketones (excluding diaryl/α,β-unsaturated/α-hetero) is 1. The van der Waals surface area contributed by atoms with Gasteiger partial charge in [0.05, 0.1) is 25.6 Å². The molecule has 0 saturated carbocycles. The summed E-state index contributed by atoms with van der Waals surface area (Å²) in [6.07, 6.45) is 4.03. The average Bonchev–Trinajstić information content (AvgIpc) is 2.86. The lowest BCUT2D eigenvalue weighted by atomic mass is 9.88. The molecular weight excluding hydrogens is 492 g/mol. The first-order valence-electron chi connectivity index (χ1n) is 12.8. The summed E-state index contributed by atoms with van der Waals surface area (Å²) in [7, 11) is 1.68. The highest BCUT2D eigenvalue weighted by molar-refractivity contribution is 6.49. The SMILES string of the molecule is CCCc1ccc(COc2ccc3c(c2)CCC(CC(N)C(=O)CN2CC(C(=O)O)C2)=C3Cl)c(OC)c1. The van der Waals surface area contributed by atoms with Gasteiger partial charge < -0.3 is 20.3 Å². The van der Waals surface area contributed by atoms with Crippen molar-refractivity contribution in [3.05, 3.63) is 64.2 Å². The number of ether oxygens (including phenoxy) is 2. The number of carboxylic acids is 1. The smallest absolute Gasteiger partial charge is 0.309 e. The van der Waals surface area contributed by atoms with Crippen molar-refractivity contribution < 1.29 is 24.2 Å². The summed E-state index contributed by atoms with van der Waals surface area (Å²) in [6.45, 7) is 3.53. The summed E-state index contributed by atoms with van der Waals surface area (Å²) in [6, 6.07) is 11.5. The van der Waals surface area contributed by atoms with Crippen molar-refractivity contribution in [1.82, 2.24) is 4.90 Å². The maximum atomic E-state index is 12.6. The lowest BCUT2D eigenvalue weighted by molar-refractivity contribution is -0.148. The van der Waals surface area contributed by atoms with E-state index in [0.29, 0.717) is 31.1 Å². The number of halogens is 1. The number of ketones is 1. The van der Waals surface area contributed by atoms with Crippen molar-refractivity contribution >= 4 is 28.4 Å². The van der Waals surface area contributed by atoms with Crippen LogP contribution in [0.3, 0.4) is 0 Å². The fourth-order valence-electron chi connectivity index (χ4n) is 4.94. The molecule has 1 fully saturated rings. The summed E-state index contributed by atoms with van der Waals surface area (Å²) in [5.41, 5.74) is 11.5. The Hall–Kier alpha value is -2.87. The molecule has 1 atom stereocenters. The molecule has 0 amide bonds. The van der Waals surface area contributed by atoms with Gasteiger partial charge in [-0.1, -0.05) is 37.1 Å². The Morgan fingerprint density at radius 2 is 1.97 bits per heavy atom. The molecule has 4 rings (SSSR count). The summed E-state index contributed by atoms with van der Waals surface area (Å²) < 4.78 is 11.7. The van der Waals surface area contributed by atoms with Gasteiger partial charge >= 0.3 is 5.97 Å². The van der Waals surface area contributed by atoms with Crippen molar-refractivity contribution in [2.45, 2.75) is 51.7 Å². The van der Waals surface area contributed by atoms with Gasteiger partial charge in [-0.25, -0.2) is 0 Å². The zero-order valence-electron chi connectivity index (χ0n) is 21.5. The summed E-state index contributed by atoms with van der Waals surface area (Å²) >= 11 is 6.75. The lowest BCUT2D eigenvalue weighted by Crippen LogP contribution is -2.53. The van der Waals surface area contributed by atoms with Gasteiger partial charge in [0.2, 0.25) is 0 Å². The van der Waals surface area contributed by atoms with Crippen LogP contribution < -0.4 is 15.2 Å². The molecule has 2 aromatic rings. The number of carbonyl (C=O) groups excluding carboxylic acids is 1. The number of nitrogens with two attached hydrogens (primary N) is 1. The molecule has 0 bridgehead atoms. The molecule has 1 aliphatic carbocycles. The van der Waals surface area contributed by atoms with Gasteiger partial charge in [0.15, 0.2) is 5.78 Å². The molecule has 1 unspecified atom stereocenters. The molecule has 2 aromatic carbocycles. The van der Waals surface area contributed by atoms with Crippen LogP contribution in [0.2, 0.25) is 0 Å². The van der Waals surface area contributed by atoms with Gasteiger partial charge in [-0.2, -0.15) is 0 Å². The molecule has 198 valence electrons. The average molecular weight is 527 g/mol. The zero-order valence-corrected chi connectivity index (χ0v) is 22.2. The molecule has 37 heavy (non-hydrogen) atoms. The maximum Gasteiger partial charge on any atom is 0.309 e. The second-order valence-electron chi connectivity index (χ2n) is 9.93. The quantitative estimate of drug-likeness (QED) is 0.422. The van der Waals surface area contributed by atoms with E-state index in [1.54, 1.807) is 7.11 Å². The number of methoxy groups -OCH3 is 1. The Balaban J connectivity index is 1.36. The largest absolute Gasteiger partial charge is 0.496 e. The number of likely N-dealkylation sites (tertiary alicyclic amines) is 1. The minimum atomic E-state index is -0.819. The summed E-state index contributed by atoms with van der Waals surface area (Å²) in [4.78, 5) is 25.4. The number of nitrogens with zero attached hydrogens (tertiary/aromatic N) is 1. The third-order valence-corrected chi connectivity index (χ3v) is 7.64. The van der Waals surface area contributed by atoms with Gasteiger partial charge in [0.25, 0.3) is 0 Å². The monoisotopic (exact) mass is 526 g/mol. The third-order valence-electron chi connectivity index (χ3n) is 7.17. The van der Waals surface area contributed by atoms with E-state index < -0.39 is 17.9 Å². The van der Waals surface area contributed by atoms with E-state index >= 15 is 0 Å². The molecule has 2 aliphatic rings. The molecule has 1 saturated heterocycles. The van der Waals surface area contributed by atoms with Crippen LogP contribution in [0, 0.1) is 5.92 Å². The van der Waals surface area contributed by atoms with Crippen LogP contribution >= 0.6 is 11.6 Å². The number of hydrogen-bond acceptors (Lipinski definition) is 6. The van der Waals surface area contributed by atoms with Gasteiger partial charge in [-0.3, -0.25) is 14.5 Å². The summed E-state index contributed by atoms with van der Waals surface area (Å²) in [5.74, 6) is 0.306. The topological polar surface area (TPSA) is 102 Å². The second-order valence-corrected chi connectivity index (χ2v) is 10.3. The van der Waals surface area contributed by atoms with E-state index in [2.05, 4.69) is 25.1 Å². The van der Waals surface area contributed by atoms with Crippen molar-refractivity contribution in [2.75, 3.05) is 26.7 Å². The highest BCUT2D eigenvalue weighted by atomic mass is 35.5. The van der Waals surface area contributed by atoms with E-state index in [9.17, 15) is 9.59 Å². The first kappa shape index (κ1) is 27.2. The molecule has 1 heterocycles. The molecule has 3 N–H and O–H groups in total. The molecule has 0 spiro atoms. The van der Waals surface area contributed by atoms with E-state index in [4.69, 9.17) is 31.9 Å². The van der Waals surface area contributed by atoms with E-state index in [1.807, 2.05) is 23.1 Å². The Bertz CT molecular complexity index is 1190. The molecule has 0 radical (unpaired) electrons. The standard InChI is InChI=1S/C29H35ClN2O5/c1-3-4-18-5-6-21(27(11-18)36-2)17-37-23-9-10-24-19(12-23)7-8-20(28(24)30)13-25(31)26(33)16-32-14-22(15-32)29(34)35/h5-6,9-12,22,25H,3-4,7-8,13-17,31H2,1-2H3,(H,34,35). The van der Waals surface area contributed by atoms with Crippen LogP contribution in [0.25, 0.3) is 5.03 Å². The Labute approximate surface area is 223 Å².